The number of hydrogen-bond acceptors (Lipinski definition) is 2. The van der Waals surface area contributed by atoms with Gasteiger partial charge in [-0.3, -0.25) is 9.36 Å². The minimum Gasteiger partial charge on any atom is -0.298 e. The summed E-state index contributed by atoms with van der Waals surface area (Å²) in [5.41, 5.74) is 3.53. The highest BCUT2D eigenvalue weighted by molar-refractivity contribution is 9.10. The van der Waals surface area contributed by atoms with Crippen molar-refractivity contribution in [1.82, 2.24) is 9.55 Å². The summed E-state index contributed by atoms with van der Waals surface area (Å²) in [5, 5.41) is 0. The van der Waals surface area contributed by atoms with Crippen LogP contribution in [0.3, 0.4) is 0 Å². The van der Waals surface area contributed by atoms with Crippen LogP contribution in [-0.2, 0) is 0 Å². The molecule has 2 aromatic carbocycles. The van der Waals surface area contributed by atoms with E-state index in [4.69, 9.17) is 0 Å². The molecule has 0 bridgehead atoms. The Bertz CT molecular complexity index is 777. The molecule has 1 heterocycles. The lowest BCUT2D eigenvalue weighted by atomic mass is 10.2. The van der Waals surface area contributed by atoms with Gasteiger partial charge >= 0.3 is 0 Å². The number of carbonyl (C=O) groups is 1. The van der Waals surface area contributed by atoms with Crippen molar-refractivity contribution in [3.63, 3.8) is 0 Å². The molecule has 0 saturated carbocycles. The first-order chi connectivity index (χ1) is 9.19. The summed E-state index contributed by atoms with van der Waals surface area (Å²) in [6.45, 7) is 1.96. The molecule has 1 aromatic heterocycles. The van der Waals surface area contributed by atoms with E-state index in [1.54, 1.807) is 0 Å². The molecule has 0 radical (unpaired) electrons. The minimum atomic E-state index is 0.645. The molecule has 19 heavy (non-hydrogen) atoms. The van der Waals surface area contributed by atoms with E-state index in [9.17, 15) is 4.79 Å². The zero-order valence-electron chi connectivity index (χ0n) is 10.3. The molecule has 0 aliphatic carbocycles. The van der Waals surface area contributed by atoms with Gasteiger partial charge in [0.25, 0.3) is 0 Å². The molecule has 0 saturated heterocycles. The highest BCUT2D eigenvalue weighted by Gasteiger charge is 2.09. The average molecular weight is 315 g/mol. The van der Waals surface area contributed by atoms with Gasteiger partial charge in [-0.15, -0.1) is 0 Å². The maximum Gasteiger partial charge on any atom is 0.150 e. The van der Waals surface area contributed by atoms with E-state index < -0.39 is 0 Å². The lowest BCUT2D eigenvalue weighted by molar-refractivity contribution is 0.112. The van der Waals surface area contributed by atoms with Crippen molar-refractivity contribution in [2.45, 2.75) is 6.92 Å². The number of aryl methyl sites for hydroxylation is 1. The van der Waals surface area contributed by atoms with Crippen LogP contribution in [0.5, 0.6) is 0 Å². The van der Waals surface area contributed by atoms with E-state index >= 15 is 0 Å². The number of aldehydes is 1. The fourth-order valence-electron chi connectivity index (χ4n) is 2.23. The number of aromatic nitrogens is 2. The summed E-state index contributed by atoms with van der Waals surface area (Å²) in [7, 11) is 0. The van der Waals surface area contributed by atoms with Crippen molar-refractivity contribution >= 4 is 33.2 Å². The number of halogens is 1. The van der Waals surface area contributed by atoms with Crippen molar-refractivity contribution in [3.05, 3.63) is 58.3 Å². The summed E-state index contributed by atoms with van der Waals surface area (Å²) in [5.74, 6) is 0.899. The molecule has 3 nitrogen and oxygen atoms in total. The molecule has 4 heteroatoms. The quantitative estimate of drug-likeness (QED) is 0.672. The second kappa shape index (κ2) is 4.63. The van der Waals surface area contributed by atoms with Gasteiger partial charge in [-0.05, 0) is 43.3 Å². The second-order valence-electron chi connectivity index (χ2n) is 4.34. The first kappa shape index (κ1) is 12.1. The predicted octanol–water partition coefficient (Wildman–Crippen LogP) is 3.91. The number of fused-ring (bicyclic) bond motifs is 1. The molecule has 0 atom stereocenters. The standard InChI is InChI=1S/C15H11BrN2O/c1-10-17-14-7-11(9-19)5-6-15(14)18(10)13-4-2-3-12(16)8-13/h2-9H,1H3. The van der Waals surface area contributed by atoms with Gasteiger partial charge in [0.05, 0.1) is 11.0 Å². The summed E-state index contributed by atoms with van der Waals surface area (Å²) in [4.78, 5) is 15.3. The molecule has 0 spiro atoms. The molecule has 0 aliphatic heterocycles. The van der Waals surface area contributed by atoms with Gasteiger partial charge in [0.1, 0.15) is 12.1 Å². The summed E-state index contributed by atoms with van der Waals surface area (Å²) < 4.78 is 3.10. The van der Waals surface area contributed by atoms with E-state index in [0.29, 0.717) is 5.56 Å². The molecule has 3 rings (SSSR count). The fourth-order valence-corrected chi connectivity index (χ4v) is 2.62. The van der Waals surface area contributed by atoms with Gasteiger partial charge in [-0.1, -0.05) is 22.0 Å². The molecule has 0 unspecified atom stereocenters. The van der Waals surface area contributed by atoms with Crippen LogP contribution in [0, 0.1) is 6.92 Å². The van der Waals surface area contributed by atoms with E-state index in [-0.39, 0.29) is 0 Å². The van der Waals surface area contributed by atoms with Crippen molar-refractivity contribution < 1.29 is 4.79 Å². The van der Waals surface area contributed by atoms with Crippen LogP contribution >= 0.6 is 15.9 Å². The van der Waals surface area contributed by atoms with Gasteiger partial charge < -0.3 is 0 Å². The third-order valence-electron chi connectivity index (χ3n) is 3.05. The Morgan fingerprint density at radius 1 is 1.21 bits per heavy atom. The Morgan fingerprint density at radius 3 is 2.79 bits per heavy atom. The van der Waals surface area contributed by atoms with Gasteiger partial charge in [0.15, 0.2) is 0 Å². The number of benzene rings is 2. The molecular formula is C15H11BrN2O. The van der Waals surface area contributed by atoms with Crippen LogP contribution in [0.25, 0.3) is 16.7 Å². The highest BCUT2D eigenvalue weighted by Crippen LogP contribution is 2.23. The van der Waals surface area contributed by atoms with Gasteiger partial charge in [0, 0.05) is 15.7 Å². The Morgan fingerprint density at radius 2 is 2.05 bits per heavy atom. The van der Waals surface area contributed by atoms with Crippen molar-refractivity contribution in [2.75, 3.05) is 0 Å². The van der Waals surface area contributed by atoms with Crippen LogP contribution < -0.4 is 0 Å². The maximum atomic E-state index is 10.8. The second-order valence-corrected chi connectivity index (χ2v) is 5.26. The van der Waals surface area contributed by atoms with E-state index in [2.05, 4.69) is 25.5 Å². The number of nitrogens with zero attached hydrogens (tertiary/aromatic N) is 2. The first-order valence-electron chi connectivity index (χ1n) is 5.89. The van der Waals surface area contributed by atoms with Crippen molar-refractivity contribution in [3.8, 4) is 5.69 Å². The normalized spacial score (nSPS) is 10.8. The number of imidazole rings is 1. The lowest BCUT2D eigenvalue weighted by Crippen LogP contribution is -1.96. The zero-order chi connectivity index (χ0) is 13.4. The van der Waals surface area contributed by atoms with E-state index in [0.717, 1.165) is 33.3 Å². The molecule has 0 aliphatic rings. The summed E-state index contributed by atoms with van der Waals surface area (Å²) >= 11 is 3.48. The van der Waals surface area contributed by atoms with Crippen molar-refractivity contribution in [1.29, 1.82) is 0 Å². The Hall–Kier alpha value is -1.94. The largest absolute Gasteiger partial charge is 0.298 e. The third kappa shape index (κ3) is 2.08. The smallest absolute Gasteiger partial charge is 0.150 e. The molecular weight excluding hydrogens is 304 g/mol. The molecule has 0 amide bonds. The van der Waals surface area contributed by atoms with Crippen LogP contribution in [0.1, 0.15) is 16.2 Å². The van der Waals surface area contributed by atoms with E-state index in [1.165, 1.54) is 0 Å². The maximum absolute atomic E-state index is 10.8. The van der Waals surface area contributed by atoms with Crippen LogP contribution in [-0.4, -0.2) is 15.8 Å². The zero-order valence-corrected chi connectivity index (χ0v) is 11.9. The third-order valence-corrected chi connectivity index (χ3v) is 3.54. The highest BCUT2D eigenvalue weighted by atomic mass is 79.9. The van der Waals surface area contributed by atoms with Gasteiger partial charge in [-0.2, -0.15) is 0 Å². The molecule has 3 aromatic rings. The van der Waals surface area contributed by atoms with Crippen molar-refractivity contribution in [2.24, 2.45) is 0 Å². The Labute approximate surface area is 119 Å². The number of rotatable bonds is 2. The lowest BCUT2D eigenvalue weighted by Gasteiger charge is -2.07. The monoisotopic (exact) mass is 314 g/mol. The minimum absolute atomic E-state index is 0.645. The Kier molecular flexibility index (Phi) is 2.95. The van der Waals surface area contributed by atoms with Gasteiger partial charge in [0.2, 0.25) is 0 Å². The Balaban J connectivity index is 2.29. The van der Waals surface area contributed by atoms with Crippen LogP contribution in [0.2, 0.25) is 0 Å². The molecule has 0 fully saturated rings. The average Bonchev–Trinajstić information content (AvgIpc) is 2.73. The SMILES string of the molecule is Cc1nc2cc(C=O)ccc2n1-c1cccc(Br)c1. The first-order valence-corrected chi connectivity index (χ1v) is 6.68. The topological polar surface area (TPSA) is 34.9 Å². The van der Waals surface area contributed by atoms with Crippen LogP contribution in [0.15, 0.2) is 46.9 Å². The van der Waals surface area contributed by atoms with E-state index in [1.807, 2.05) is 49.4 Å². The molecule has 94 valence electrons. The van der Waals surface area contributed by atoms with Gasteiger partial charge in [-0.25, -0.2) is 4.98 Å². The summed E-state index contributed by atoms with van der Waals surface area (Å²) in [6.07, 6.45) is 0.840. The number of carbonyl (C=O) groups excluding carboxylic acids is 1. The summed E-state index contributed by atoms with van der Waals surface area (Å²) in [6, 6.07) is 13.6. The fraction of sp³-hybridized carbons (Fsp3) is 0.0667. The molecule has 0 N–H and O–H groups in total. The predicted molar refractivity (Wildman–Crippen MR) is 78.9 cm³/mol. The van der Waals surface area contributed by atoms with Crippen LogP contribution in [0.4, 0.5) is 0 Å². The number of hydrogen-bond donors (Lipinski definition) is 0.